The largest absolute Gasteiger partial charge is 0.476 e. The zero-order chi connectivity index (χ0) is 23.9. The van der Waals surface area contributed by atoms with Gasteiger partial charge in [-0.3, -0.25) is 4.57 Å². The molecule has 0 radical (unpaired) electrons. The van der Waals surface area contributed by atoms with Crippen LogP contribution in [0.5, 0.6) is 0 Å². The van der Waals surface area contributed by atoms with Crippen molar-refractivity contribution in [1.29, 1.82) is 0 Å². The van der Waals surface area contributed by atoms with Crippen molar-refractivity contribution in [3.63, 3.8) is 0 Å². The number of aliphatic hydroxyl groups is 1. The molecule has 0 spiro atoms. The molecule has 2 N–H and O–H groups in total. The molecule has 0 unspecified atom stereocenters. The third-order valence-electron chi connectivity index (χ3n) is 5.71. The normalized spacial score (nSPS) is 14.3. The zero-order valence-electron chi connectivity index (χ0n) is 17.7. The molecule has 0 aliphatic heterocycles. The van der Waals surface area contributed by atoms with Crippen LogP contribution >= 0.6 is 0 Å². The van der Waals surface area contributed by atoms with Crippen molar-refractivity contribution >= 4 is 11.6 Å². The van der Waals surface area contributed by atoms with Gasteiger partial charge in [0, 0.05) is 17.8 Å². The minimum atomic E-state index is -2.06. The molecule has 3 aromatic heterocycles. The van der Waals surface area contributed by atoms with Gasteiger partial charge in [-0.05, 0) is 25.5 Å². The van der Waals surface area contributed by atoms with E-state index < -0.39 is 34.9 Å². The lowest BCUT2D eigenvalue weighted by molar-refractivity contribution is -0.0346. The van der Waals surface area contributed by atoms with E-state index in [4.69, 9.17) is 0 Å². The van der Waals surface area contributed by atoms with E-state index in [-0.39, 0.29) is 35.6 Å². The molecule has 10 nitrogen and oxygen atoms in total. The molecule has 2 atom stereocenters. The number of hydrogen-bond acceptors (Lipinski definition) is 6. The first kappa shape index (κ1) is 22.3. The summed E-state index contributed by atoms with van der Waals surface area (Å²) in [6.45, 7) is 2.88. The van der Waals surface area contributed by atoms with Gasteiger partial charge in [-0.25, -0.2) is 37.4 Å². The Hall–Kier alpha value is -3.93. The maximum Gasteiger partial charge on any atom is 0.356 e. The monoisotopic (exact) mass is 458 g/mol. The van der Waals surface area contributed by atoms with Crippen molar-refractivity contribution < 1.29 is 23.8 Å². The molecular weight excluding hydrogens is 438 g/mol. The molecule has 4 aromatic rings. The van der Waals surface area contributed by atoms with E-state index in [2.05, 4.69) is 15.1 Å². The van der Waals surface area contributed by atoms with Crippen molar-refractivity contribution in [2.75, 3.05) is 0 Å². The van der Waals surface area contributed by atoms with E-state index in [9.17, 15) is 28.6 Å². The Bertz CT molecular complexity index is 1400. The van der Waals surface area contributed by atoms with Crippen LogP contribution < -0.4 is 5.69 Å². The Morgan fingerprint density at radius 3 is 2.64 bits per heavy atom. The molecule has 0 aliphatic rings. The standard InChI is InChI=1S/C21H20F2N6O4/c1-3-16-18(19(30)31)26-17-6-7-28(20(32)29(16)17)12(2)21(33,9-27-11-24-10-25-27)14-5-4-13(22)8-15(14)23/h4-8,10-12,33H,3,9H2,1-2H3,(H,30,31)/t12-,21-/m1/s1. The molecule has 0 bridgehead atoms. The number of halogens is 2. The summed E-state index contributed by atoms with van der Waals surface area (Å²) in [5.74, 6) is -3.09. The first-order valence-corrected chi connectivity index (χ1v) is 10.0. The van der Waals surface area contributed by atoms with Gasteiger partial charge >= 0.3 is 11.7 Å². The minimum Gasteiger partial charge on any atom is -0.476 e. The second kappa shape index (κ2) is 8.20. The number of hydrogen-bond donors (Lipinski definition) is 2. The molecule has 1 aromatic carbocycles. The minimum absolute atomic E-state index is 0.130. The van der Waals surface area contributed by atoms with Gasteiger partial charge in [0.1, 0.15) is 35.5 Å². The molecule has 0 fully saturated rings. The topological polar surface area (TPSA) is 128 Å². The van der Waals surface area contributed by atoms with Crippen LogP contribution in [-0.4, -0.2) is 44.9 Å². The molecule has 12 heteroatoms. The SMILES string of the molecule is CCc1c(C(=O)O)nc2ccn([C@H](C)[C@](O)(Cn3cncn3)c3ccc(F)cc3F)c(=O)n12. The van der Waals surface area contributed by atoms with Crippen molar-refractivity contribution in [3.05, 3.63) is 82.2 Å². The fourth-order valence-corrected chi connectivity index (χ4v) is 3.99. The number of imidazole rings is 1. The van der Waals surface area contributed by atoms with Gasteiger partial charge in [0.15, 0.2) is 5.69 Å². The quantitative estimate of drug-likeness (QED) is 0.432. The second-order valence-electron chi connectivity index (χ2n) is 7.58. The van der Waals surface area contributed by atoms with Crippen LogP contribution in [0.4, 0.5) is 8.78 Å². The van der Waals surface area contributed by atoms with Crippen LogP contribution in [-0.2, 0) is 18.6 Å². The Kier molecular flexibility index (Phi) is 5.54. The Morgan fingerprint density at radius 2 is 2.03 bits per heavy atom. The maximum absolute atomic E-state index is 14.8. The summed E-state index contributed by atoms with van der Waals surface area (Å²) in [7, 11) is 0. The van der Waals surface area contributed by atoms with Gasteiger partial charge in [0.2, 0.25) is 0 Å². The van der Waals surface area contributed by atoms with E-state index in [0.29, 0.717) is 6.07 Å². The average molecular weight is 458 g/mol. The summed E-state index contributed by atoms with van der Waals surface area (Å²) in [6.07, 6.45) is 4.10. The summed E-state index contributed by atoms with van der Waals surface area (Å²) >= 11 is 0. The summed E-state index contributed by atoms with van der Waals surface area (Å²) in [5, 5.41) is 25.1. The summed E-state index contributed by atoms with van der Waals surface area (Å²) in [6, 6.07) is 3.09. The number of carboxylic acid groups (broad SMARTS) is 1. The van der Waals surface area contributed by atoms with Crippen LogP contribution in [0.25, 0.3) is 5.65 Å². The van der Waals surface area contributed by atoms with Crippen LogP contribution in [0, 0.1) is 11.6 Å². The molecule has 0 amide bonds. The van der Waals surface area contributed by atoms with E-state index >= 15 is 0 Å². The lowest BCUT2D eigenvalue weighted by Gasteiger charge is -2.35. The molecule has 0 aliphatic carbocycles. The number of nitrogens with zero attached hydrogens (tertiary/aromatic N) is 6. The fraction of sp³-hybridized carbons (Fsp3) is 0.286. The number of aryl methyl sites for hydroxylation is 1. The highest BCUT2D eigenvalue weighted by molar-refractivity contribution is 5.87. The van der Waals surface area contributed by atoms with E-state index in [1.165, 1.54) is 36.5 Å². The van der Waals surface area contributed by atoms with Crippen molar-refractivity contribution in [1.82, 2.24) is 28.7 Å². The first-order chi connectivity index (χ1) is 15.7. The maximum atomic E-state index is 14.8. The summed E-state index contributed by atoms with van der Waals surface area (Å²) in [5.41, 5.74) is -2.90. The number of rotatable bonds is 7. The van der Waals surface area contributed by atoms with Crippen LogP contribution in [0.3, 0.4) is 0 Å². The number of fused-ring (bicyclic) bond motifs is 1. The molecule has 0 saturated carbocycles. The molecule has 33 heavy (non-hydrogen) atoms. The number of carbonyl (C=O) groups is 1. The van der Waals surface area contributed by atoms with Gasteiger partial charge in [-0.2, -0.15) is 5.10 Å². The highest BCUT2D eigenvalue weighted by atomic mass is 19.1. The predicted molar refractivity (Wildman–Crippen MR) is 111 cm³/mol. The molecule has 172 valence electrons. The summed E-state index contributed by atoms with van der Waals surface area (Å²) < 4.78 is 31.9. The lowest BCUT2D eigenvalue weighted by Crippen LogP contribution is -2.44. The van der Waals surface area contributed by atoms with Gasteiger partial charge in [0.05, 0.1) is 18.3 Å². The Balaban J connectivity index is 1.92. The second-order valence-corrected chi connectivity index (χ2v) is 7.58. The first-order valence-electron chi connectivity index (χ1n) is 10.0. The Morgan fingerprint density at radius 1 is 1.27 bits per heavy atom. The fourth-order valence-electron chi connectivity index (χ4n) is 3.99. The van der Waals surface area contributed by atoms with Crippen molar-refractivity contribution in [3.8, 4) is 0 Å². The molecule has 4 rings (SSSR count). The molecular formula is C21H20F2N6O4. The van der Waals surface area contributed by atoms with Gasteiger partial charge < -0.3 is 10.2 Å². The van der Waals surface area contributed by atoms with E-state index in [1.807, 2.05) is 0 Å². The van der Waals surface area contributed by atoms with Crippen molar-refractivity contribution in [2.24, 2.45) is 0 Å². The average Bonchev–Trinajstić information content (AvgIpc) is 3.41. The summed E-state index contributed by atoms with van der Waals surface area (Å²) in [4.78, 5) is 32.8. The number of aromatic carboxylic acids is 1. The number of carboxylic acids is 1. The smallest absolute Gasteiger partial charge is 0.356 e. The van der Waals surface area contributed by atoms with E-state index in [0.717, 1.165) is 21.1 Å². The third kappa shape index (κ3) is 3.67. The highest BCUT2D eigenvalue weighted by Crippen LogP contribution is 2.36. The van der Waals surface area contributed by atoms with Crippen LogP contribution in [0.1, 0.15) is 41.6 Å². The van der Waals surface area contributed by atoms with Crippen LogP contribution in [0.2, 0.25) is 0 Å². The zero-order valence-corrected chi connectivity index (χ0v) is 17.7. The lowest BCUT2D eigenvalue weighted by atomic mass is 9.86. The number of aromatic nitrogens is 6. The highest BCUT2D eigenvalue weighted by Gasteiger charge is 2.41. The predicted octanol–water partition coefficient (Wildman–Crippen LogP) is 1.78. The van der Waals surface area contributed by atoms with E-state index in [1.54, 1.807) is 6.92 Å². The third-order valence-corrected chi connectivity index (χ3v) is 5.71. The van der Waals surface area contributed by atoms with Crippen molar-refractivity contribution in [2.45, 2.75) is 38.5 Å². The molecule has 0 saturated heterocycles. The van der Waals surface area contributed by atoms with Crippen LogP contribution in [0.15, 0.2) is 47.9 Å². The van der Waals surface area contributed by atoms with Gasteiger partial charge in [0.25, 0.3) is 0 Å². The van der Waals surface area contributed by atoms with Gasteiger partial charge in [-0.15, -0.1) is 0 Å². The van der Waals surface area contributed by atoms with Gasteiger partial charge in [-0.1, -0.05) is 13.0 Å². The Labute approximate surface area is 185 Å². The molecule has 3 heterocycles. The number of benzene rings is 1.